The first-order valence-corrected chi connectivity index (χ1v) is 5.90. The number of rotatable bonds is 1. The van der Waals surface area contributed by atoms with E-state index in [4.69, 9.17) is 0 Å². The lowest BCUT2D eigenvalue weighted by molar-refractivity contribution is -0.126. The second kappa shape index (κ2) is 3.98. The monoisotopic (exact) mass is 244 g/mol. The van der Waals surface area contributed by atoms with Crippen LogP contribution in [-0.4, -0.2) is 22.3 Å². The molecule has 0 saturated carbocycles. The van der Waals surface area contributed by atoms with Crippen molar-refractivity contribution >= 4 is 16.8 Å². The maximum Gasteiger partial charge on any atom is 0.246 e. The lowest BCUT2D eigenvalue weighted by Gasteiger charge is -2.26. The van der Waals surface area contributed by atoms with Gasteiger partial charge in [-0.3, -0.25) is 4.79 Å². The zero-order valence-electron chi connectivity index (χ0n) is 9.87. The molecule has 1 aromatic heterocycles. The van der Waals surface area contributed by atoms with Gasteiger partial charge >= 0.3 is 0 Å². The molecule has 3 rings (SSSR count). The third-order valence-electron chi connectivity index (χ3n) is 3.45. The SMILES string of the molecule is C=CC(=O)N1CCc2[nH]c3c(F)cccc3c2C1. The highest BCUT2D eigenvalue weighted by atomic mass is 19.1. The van der Waals surface area contributed by atoms with Crippen LogP contribution in [-0.2, 0) is 17.8 Å². The van der Waals surface area contributed by atoms with Crippen LogP contribution >= 0.6 is 0 Å². The second-order valence-corrected chi connectivity index (χ2v) is 4.46. The zero-order chi connectivity index (χ0) is 12.7. The number of nitrogens with zero attached hydrogens (tertiary/aromatic N) is 1. The highest BCUT2D eigenvalue weighted by molar-refractivity contribution is 5.89. The van der Waals surface area contributed by atoms with Crippen LogP contribution in [0.5, 0.6) is 0 Å². The molecule has 0 radical (unpaired) electrons. The molecule has 3 nitrogen and oxygen atoms in total. The van der Waals surface area contributed by atoms with E-state index in [2.05, 4.69) is 11.6 Å². The van der Waals surface area contributed by atoms with Crippen molar-refractivity contribution in [2.45, 2.75) is 13.0 Å². The summed E-state index contributed by atoms with van der Waals surface area (Å²) in [5.41, 5.74) is 2.59. The van der Waals surface area contributed by atoms with Crippen molar-refractivity contribution in [3.63, 3.8) is 0 Å². The molecule has 1 aromatic carbocycles. The Balaban J connectivity index is 2.10. The van der Waals surface area contributed by atoms with Crippen LogP contribution in [0.1, 0.15) is 11.3 Å². The normalized spacial score (nSPS) is 14.6. The van der Waals surface area contributed by atoms with E-state index in [1.54, 1.807) is 11.0 Å². The molecule has 1 N–H and O–H groups in total. The van der Waals surface area contributed by atoms with Crippen molar-refractivity contribution in [2.24, 2.45) is 0 Å². The Morgan fingerprint density at radius 1 is 1.50 bits per heavy atom. The molecule has 1 aliphatic heterocycles. The minimum Gasteiger partial charge on any atom is -0.356 e. The first-order chi connectivity index (χ1) is 8.70. The number of para-hydroxylation sites is 1. The summed E-state index contributed by atoms with van der Waals surface area (Å²) >= 11 is 0. The van der Waals surface area contributed by atoms with Gasteiger partial charge in [0, 0.05) is 36.2 Å². The molecule has 0 bridgehead atoms. The Bertz CT molecular complexity index is 645. The van der Waals surface area contributed by atoms with E-state index in [-0.39, 0.29) is 11.7 Å². The maximum atomic E-state index is 13.7. The summed E-state index contributed by atoms with van der Waals surface area (Å²) in [4.78, 5) is 16.5. The largest absolute Gasteiger partial charge is 0.356 e. The van der Waals surface area contributed by atoms with Crippen LogP contribution in [0.3, 0.4) is 0 Å². The fraction of sp³-hybridized carbons (Fsp3) is 0.214. The Hall–Kier alpha value is -2.10. The van der Waals surface area contributed by atoms with Gasteiger partial charge in [-0.15, -0.1) is 0 Å². The molecule has 0 atom stereocenters. The van der Waals surface area contributed by atoms with Crippen molar-refractivity contribution in [2.75, 3.05) is 6.54 Å². The maximum absolute atomic E-state index is 13.7. The van der Waals surface area contributed by atoms with Gasteiger partial charge in [0.15, 0.2) is 0 Å². The number of aromatic nitrogens is 1. The number of carbonyl (C=O) groups is 1. The van der Waals surface area contributed by atoms with Crippen LogP contribution in [0.2, 0.25) is 0 Å². The van der Waals surface area contributed by atoms with Gasteiger partial charge < -0.3 is 9.88 Å². The van der Waals surface area contributed by atoms with Crippen molar-refractivity contribution in [1.29, 1.82) is 0 Å². The van der Waals surface area contributed by atoms with Gasteiger partial charge in [0.25, 0.3) is 0 Å². The van der Waals surface area contributed by atoms with Gasteiger partial charge in [0.2, 0.25) is 5.91 Å². The molecule has 1 amide bonds. The standard InChI is InChI=1S/C14H13FN2O/c1-2-13(18)17-7-6-12-10(8-17)9-4-3-5-11(15)14(9)16-12/h2-5,16H,1,6-8H2. The molecule has 4 heteroatoms. The molecule has 2 aromatic rings. The number of hydrogen-bond acceptors (Lipinski definition) is 1. The van der Waals surface area contributed by atoms with E-state index in [1.807, 2.05) is 6.07 Å². The van der Waals surface area contributed by atoms with Gasteiger partial charge in [-0.25, -0.2) is 4.39 Å². The molecule has 0 unspecified atom stereocenters. The number of fused-ring (bicyclic) bond motifs is 3. The predicted octanol–water partition coefficient (Wildman–Crippen LogP) is 2.38. The number of amides is 1. The Labute approximate surface area is 104 Å². The number of hydrogen-bond donors (Lipinski definition) is 1. The first kappa shape index (κ1) is 11.0. The summed E-state index contributed by atoms with van der Waals surface area (Å²) in [6.07, 6.45) is 2.05. The van der Waals surface area contributed by atoms with Gasteiger partial charge in [-0.05, 0) is 12.1 Å². The van der Waals surface area contributed by atoms with Crippen LogP contribution in [0.25, 0.3) is 10.9 Å². The highest BCUT2D eigenvalue weighted by Gasteiger charge is 2.23. The van der Waals surface area contributed by atoms with Crippen LogP contribution in [0.15, 0.2) is 30.9 Å². The fourth-order valence-corrected chi connectivity index (χ4v) is 2.52. The number of nitrogens with one attached hydrogen (secondary N) is 1. The van der Waals surface area contributed by atoms with Crippen LogP contribution in [0, 0.1) is 5.82 Å². The summed E-state index contributed by atoms with van der Waals surface area (Å²) in [5.74, 6) is -0.324. The average Bonchev–Trinajstić information content (AvgIpc) is 2.77. The predicted molar refractivity (Wildman–Crippen MR) is 67.6 cm³/mol. The molecular weight excluding hydrogens is 231 g/mol. The van der Waals surface area contributed by atoms with E-state index in [9.17, 15) is 9.18 Å². The van der Waals surface area contributed by atoms with Gasteiger partial charge in [0.1, 0.15) is 5.82 Å². The number of carbonyl (C=O) groups excluding carboxylic acids is 1. The lowest BCUT2D eigenvalue weighted by Crippen LogP contribution is -2.34. The number of halogens is 1. The first-order valence-electron chi connectivity index (χ1n) is 5.90. The molecule has 0 fully saturated rings. The Morgan fingerprint density at radius 2 is 2.33 bits per heavy atom. The van der Waals surface area contributed by atoms with E-state index < -0.39 is 0 Å². The average molecular weight is 244 g/mol. The summed E-state index contributed by atoms with van der Waals surface area (Å²) < 4.78 is 13.7. The van der Waals surface area contributed by atoms with E-state index >= 15 is 0 Å². The molecular formula is C14H13FN2O. The van der Waals surface area contributed by atoms with Crippen molar-refractivity contribution < 1.29 is 9.18 Å². The van der Waals surface area contributed by atoms with Crippen LogP contribution in [0.4, 0.5) is 4.39 Å². The van der Waals surface area contributed by atoms with Crippen molar-refractivity contribution in [3.8, 4) is 0 Å². The minimum atomic E-state index is -0.247. The highest BCUT2D eigenvalue weighted by Crippen LogP contribution is 2.29. The molecule has 1 aliphatic rings. The quantitative estimate of drug-likeness (QED) is 0.768. The van der Waals surface area contributed by atoms with Crippen molar-refractivity contribution in [1.82, 2.24) is 9.88 Å². The summed E-state index contributed by atoms with van der Waals surface area (Å²) in [5, 5.41) is 0.867. The van der Waals surface area contributed by atoms with Crippen LogP contribution < -0.4 is 0 Å². The van der Waals surface area contributed by atoms with E-state index in [0.29, 0.717) is 18.6 Å². The fourth-order valence-electron chi connectivity index (χ4n) is 2.52. The molecule has 0 spiro atoms. The molecule has 92 valence electrons. The van der Waals surface area contributed by atoms with E-state index in [1.165, 1.54) is 12.1 Å². The Morgan fingerprint density at radius 3 is 3.11 bits per heavy atom. The molecule has 2 heterocycles. The van der Waals surface area contributed by atoms with Gasteiger partial charge in [-0.2, -0.15) is 0 Å². The van der Waals surface area contributed by atoms with E-state index in [0.717, 1.165) is 23.1 Å². The number of benzene rings is 1. The third kappa shape index (κ3) is 1.53. The van der Waals surface area contributed by atoms with Crippen molar-refractivity contribution in [3.05, 3.63) is 47.9 Å². The van der Waals surface area contributed by atoms with Gasteiger partial charge in [0.05, 0.1) is 5.52 Å². The minimum absolute atomic E-state index is 0.0774. The Kier molecular flexibility index (Phi) is 2.44. The topological polar surface area (TPSA) is 36.1 Å². The smallest absolute Gasteiger partial charge is 0.246 e. The zero-order valence-corrected chi connectivity index (χ0v) is 9.87. The summed E-state index contributed by atoms with van der Waals surface area (Å²) in [6.45, 7) is 4.66. The summed E-state index contributed by atoms with van der Waals surface area (Å²) in [7, 11) is 0. The summed E-state index contributed by atoms with van der Waals surface area (Å²) in [6, 6.07) is 5.02. The number of aromatic amines is 1. The third-order valence-corrected chi connectivity index (χ3v) is 3.45. The lowest BCUT2D eigenvalue weighted by atomic mass is 10.0. The second-order valence-electron chi connectivity index (χ2n) is 4.46. The molecule has 0 saturated heterocycles. The molecule has 18 heavy (non-hydrogen) atoms. The molecule has 0 aliphatic carbocycles. The van der Waals surface area contributed by atoms with Gasteiger partial charge in [-0.1, -0.05) is 18.7 Å². The number of H-pyrrole nitrogens is 1.